The first kappa shape index (κ1) is 9.83. The molecule has 1 amide bonds. The number of aryl methyl sites for hydroxylation is 1. The molecule has 4 heteroatoms. The maximum absolute atomic E-state index is 10.6. The van der Waals surface area contributed by atoms with Crippen molar-refractivity contribution >= 4 is 11.6 Å². The van der Waals surface area contributed by atoms with Gasteiger partial charge in [-0.3, -0.25) is 4.79 Å². The summed E-state index contributed by atoms with van der Waals surface area (Å²) in [5, 5.41) is 3.28. The Morgan fingerprint density at radius 3 is 3.20 bits per heavy atom. The fraction of sp³-hybridized carbons (Fsp3) is 0.364. The largest absolute Gasteiger partial charge is 0.482 e. The van der Waals surface area contributed by atoms with Gasteiger partial charge in [0.25, 0.3) is 5.91 Å². The summed E-state index contributed by atoms with van der Waals surface area (Å²) in [5.74, 6) is 0.259. The molecule has 0 aliphatic carbocycles. The monoisotopic (exact) mass is 206 g/mol. The van der Waals surface area contributed by atoms with Gasteiger partial charge >= 0.3 is 0 Å². The smallest absolute Gasteiger partial charge is 0.255 e. The number of amides is 1. The number of benzene rings is 1. The van der Waals surface area contributed by atoms with Crippen LogP contribution in [0.3, 0.4) is 0 Å². The molecule has 0 saturated heterocycles. The van der Waals surface area contributed by atoms with Crippen LogP contribution in [0.15, 0.2) is 18.2 Å². The lowest BCUT2D eigenvalue weighted by atomic mass is 10.0. The van der Waals surface area contributed by atoms with Crippen LogP contribution >= 0.6 is 0 Å². The maximum Gasteiger partial charge on any atom is 0.255 e. The molecule has 4 nitrogen and oxygen atoms in total. The van der Waals surface area contributed by atoms with E-state index in [1.54, 1.807) is 0 Å². The Labute approximate surface area is 88.4 Å². The topological polar surface area (TPSA) is 64.4 Å². The molecule has 0 saturated carbocycles. The van der Waals surface area contributed by atoms with E-state index in [1.807, 2.05) is 12.1 Å². The number of fused-ring (bicyclic) bond motifs is 1. The van der Waals surface area contributed by atoms with E-state index in [2.05, 4.69) is 11.4 Å². The molecule has 1 aliphatic heterocycles. The summed E-state index contributed by atoms with van der Waals surface area (Å²) in [7, 11) is 0. The Kier molecular flexibility index (Phi) is 2.76. The summed E-state index contributed by atoms with van der Waals surface area (Å²) in [6, 6.07) is 5.85. The first-order valence-corrected chi connectivity index (χ1v) is 5.04. The van der Waals surface area contributed by atoms with Gasteiger partial charge in [-0.1, -0.05) is 12.1 Å². The van der Waals surface area contributed by atoms with E-state index in [0.717, 1.165) is 25.1 Å². The minimum Gasteiger partial charge on any atom is -0.482 e. The highest BCUT2D eigenvalue weighted by molar-refractivity contribution is 5.76. The van der Waals surface area contributed by atoms with Crippen molar-refractivity contribution in [1.29, 1.82) is 0 Å². The first-order valence-electron chi connectivity index (χ1n) is 5.04. The molecule has 0 atom stereocenters. The second kappa shape index (κ2) is 4.21. The van der Waals surface area contributed by atoms with Gasteiger partial charge in [0.05, 0.1) is 5.69 Å². The summed E-state index contributed by atoms with van der Waals surface area (Å²) in [6.45, 7) is 0.877. The lowest BCUT2D eigenvalue weighted by Gasteiger charge is -2.20. The van der Waals surface area contributed by atoms with E-state index >= 15 is 0 Å². The minimum absolute atomic E-state index is 0.0713. The Hall–Kier alpha value is -1.71. The van der Waals surface area contributed by atoms with E-state index in [-0.39, 0.29) is 6.61 Å². The fourth-order valence-corrected chi connectivity index (χ4v) is 1.75. The van der Waals surface area contributed by atoms with Crippen molar-refractivity contribution in [1.82, 2.24) is 0 Å². The number of carbonyl (C=O) groups is 1. The van der Waals surface area contributed by atoms with Gasteiger partial charge < -0.3 is 15.8 Å². The van der Waals surface area contributed by atoms with Crippen LogP contribution in [0.4, 0.5) is 5.69 Å². The molecule has 15 heavy (non-hydrogen) atoms. The number of anilines is 1. The zero-order valence-electron chi connectivity index (χ0n) is 8.45. The molecule has 1 aromatic rings. The van der Waals surface area contributed by atoms with Gasteiger partial charge in [0.2, 0.25) is 0 Å². The third-order valence-corrected chi connectivity index (χ3v) is 2.41. The molecule has 0 aromatic heterocycles. The van der Waals surface area contributed by atoms with Crippen LogP contribution in [0.2, 0.25) is 0 Å². The van der Waals surface area contributed by atoms with E-state index in [1.165, 1.54) is 5.56 Å². The fourth-order valence-electron chi connectivity index (χ4n) is 1.75. The number of ether oxygens (including phenoxy) is 1. The molecular weight excluding hydrogens is 192 g/mol. The zero-order valence-corrected chi connectivity index (χ0v) is 8.45. The maximum atomic E-state index is 10.6. The summed E-state index contributed by atoms with van der Waals surface area (Å²) >= 11 is 0. The van der Waals surface area contributed by atoms with Gasteiger partial charge in [-0.05, 0) is 24.5 Å². The molecule has 1 heterocycles. The Bertz CT molecular complexity index is 377. The van der Waals surface area contributed by atoms with Crippen molar-refractivity contribution < 1.29 is 9.53 Å². The van der Waals surface area contributed by atoms with E-state index < -0.39 is 5.91 Å². The van der Waals surface area contributed by atoms with E-state index in [0.29, 0.717) is 5.75 Å². The number of nitrogens with one attached hydrogen (secondary N) is 1. The number of primary amides is 1. The molecule has 0 spiro atoms. The van der Waals surface area contributed by atoms with Crippen molar-refractivity contribution in [2.45, 2.75) is 12.8 Å². The van der Waals surface area contributed by atoms with Crippen LogP contribution in [-0.4, -0.2) is 19.1 Å². The number of hydrogen-bond donors (Lipinski definition) is 2. The van der Waals surface area contributed by atoms with Crippen LogP contribution in [0.25, 0.3) is 0 Å². The quantitative estimate of drug-likeness (QED) is 0.772. The van der Waals surface area contributed by atoms with Gasteiger partial charge in [0.1, 0.15) is 5.75 Å². The zero-order chi connectivity index (χ0) is 10.7. The number of hydrogen-bond acceptors (Lipinski definition) is 3. The Morgan fingerprint density at radius 1 is 1.53 bits per heavy atom. The summed E-state index contributed by atoms with van der Waals surface area (Å²) in [4.78, 5) is 10.6. The highest BCUT2D eigenvalue weighted by atomic mass is 16.5. The lowest BCUT2D eigenvalue weighted by Crippen LogP contribution is -2.21. The molecule has 0 unspecified atom stereocenters. The molecule has 80 valence electrons. The van der Waals surface area contributed by atoms with Crippen molar-refractivity contribution in [3.63, 3.8) is 0 Å². The van der Waals surface area contributed by atoms with Gasteiger partial charge in [-0.25, -0.2) is 0 Å². The number of rotatable bonds is 3. The predicted molar refractivity (Wildman–Crippen MR) is 57.9 cm³/mol. The van der Waals surface area contributed by atoms with Gasteiger partial charge in [-0.15, -0.1) is 0 Å². The summed E-state index contributed by atoms with van der Waals surface area (Å²) in [5.41, 5.74) is 7.28. The average Bonchev–Trinajstić information content (AvgIpc) is 2.26. The summed E-state index contributed by atoms with van der Waals surface area (Å²) < 4.78 is 5.33. The standard InChI is InChI=1S/C11H14N2O2/c12-10(14)7-15-9-5-1-3-8-4-2-6-13-11(8)9/h1,3,5,13H,2,4,6-7H2,(H2,12,14). The van der Waals surface area contributed by atoms with E-state index in [9.17, 15) is 4.79 Å². The first-order chi connectivity index (χ1) is 7.27. The molecule has 0 fully saturated rings. The van der Waals surface area contributed by atoms with Crippen molar-refractivity contribution in [2.24, 2.45) is 5.73 Å². The second-order valence-corrected chi connectivity index (χ2v) is 3.58. The van der Waals surface area contributed by atoms with Gasteiger partial charge in [-0.2, -0.15) is 0 Å². The molecule has 3 N–H and O–H groups in total. The third-order valence-electron chi connectivity index (χ3n) is 2.41. The van der Waals surface area contributed by atoms with Crippen molar-refractivity contribution in [3.8, 4) is 5.75 Å². The molecule has 1 aliphatic rings. The predicted octanol–water partition coefficient (Wildman–Crippen LogP) is 0.909. The van der Waals surface area contributed by atoms with Crippen LogP contribution < -0.4 is 15.8 Å². The van der Waals surface area contributed by atoms with Crippen LogP contribution in [-0.2, 0) is 11.2 Å². The molecular formula is C11H14N2O2. The van der Waals surface area contributed by atoms with Crippen LogP contribution in [0, 0.1) is 0 Å². The summed E-state index contributed by atoms with van der Waals surface area (Å²) in [6.07, 6.45) is 2.18. The minimum atomic E-state index is -0.455. The SMILES string of the molecule is NC(=O)COc1cccc2c1NCCC2. The lowest BCUT2D eigenvalue weighted by molar-refractivity contribution is -0.119. The second-order valence-electron chi connectivity index (χ2n) is 3.58. The number of carbonyl (C=O) groups excluding carboxylic acids is 1. The number of nitrogens with two attached hydrogens (primary N) is 1. The Balaban J connectivity index is 2.19. The van der Waals surface area contributed by atoms with Gasteiger partial charge in [0, 0.05) is 6.54 Å². The highest BCUT2D eigenvalue weighted by Crippen LogP contribution is 2.31. The molecule has 1 aromatic carbocycles. The highest BCUT2D eigenvalue weighted by Gasteiger charge is 2.13. The van der Waals surface area contributed by atoms with Crippen LogP contribution in [0.5, 0.6) is 5.75 Å². The van der Waals surface area contributed by atoms with Gasteiger partial charge in [0.15, 0.2) is 6.61 Å². The molecule has 0 bridgehead atoms. The van der Waals surface area contributed by atoms with E-state index in [4.69, 9.17) is 10.5 Å². The average molecular weight is 206 g/mol. The number of para-hydroxylation sites is 1. The third kappa shape index (κ3) is 2.21. The normalized spacial score (nSPS) is 13.9. The van der Waals surface area contributed by atoms with Crippen molar-refractivity contribution in [3.05, 3.63) is 23.8 Å². The molecule has 0 radical (unpaired) electrons. The van der Waals surface area contributed by atoms with Crippen LogP contribution in [0.1, 0.15) is 12.0 Å². The Morgan fingerprint density at radius 2 is 2.40 bits per heavy atom. The van der Waals surface area contributed by atoms with Crippen molar-refractivity contribution in [2.75, 3.05) is 18.5 Å². The molecule has 2 rings (SSSR count).